The minimum absolute atomic E-state index is 0.214. The van der Waals surface area contributed by atoms with Crippen molar-refractivity contribution in [2.45, 2.75) is 20.4 Å². The summed E-state index contributed by atoms with van der Waals surface area (Å²) in [4.78, 5) is 49.3. The van der Waals surface area contributed by atoms with E-state index in [1.54, 1.807) is 48.6 Å². The second-order valence-electron chi connectivity index (χ2n) is 8.61. The van der Waals surface area contributed by atoms with Crippen LogP contribution in [-0.4, -0.2) is 68.3 Å². The maximum absolute atomic E-state index is 13.7. The van der Waals surface area contributed by atoms with Crippen molar-refractivity contribution >= 4 is 57.8 Å². The summed E-state index contributed by atoms with van der Waals surface area (Å²) >= 11 is 6.60. The lowest BCUT2D eigenvalue weighted by molar-refractivity contribution is -0.122. The van der Waals surface area contributed by atoms with Crippen molar-refractivity contribution < 1.29 is 18.7 Å². The highest BCUT2D eigenvalue weighted by atomic mass is 32.2. The van der Waals surface area contributed by atoms with Gasteiger partial charge >= 0.3 is 6.09 Å². The van der Waals surface area contributed by atoms with Crippen LogP contribution in [0.25, 0.3) is 11.7 Å². The van der Waals surface area contributed by atoms with E-state index in [9.17, 15) is 14.4 Å². The summed E-state index contributed by atoms with van der Waals surface area (Å²) in [7, 11) is 0. The molecule has 12 heteroatoms. The number of amides is 2. The molecule has 0 spiro atoms. The SMILES string of the molecule is CCOC(=O)N1CCN(c2nc3ccc(C)cn3c(=O)c2/C=C2/SC(=S)N(Cc3ccco3)C2=O)CC1. The summed E-state index contributed by atoms with van der Waals surface area (Å²) in [5, 5.41) is 0. The summed E-state index contributed by atoms with van der Waals surface area (Å²) in [6.07, 6.45) is 4.50. The molecule has 2 amide bonds. The fourth-order valence-corrected chi connectivity index (χ4v) is 5.49. The number of rotatable bonds is 5. The molecule has 0 radical (unpaired) electrons. The Labute approximate surface area is 222 Å². The van der Waals surface area contributed by atoms with E-state index in [0.29, 0.717) is 64.8 Å². The standard InChI is InChI=1S/C25H25N5O5S2/c1-3-34-24(33)28-10-8-27(9-11-28)21-18(22(31)29-14-16(2)6-7-20(29)26-21)13-19-23(32)30(25(36)37-19)15-17-5-4-12-35-17/h4-7,12-14H,3,8-11,15H2,1-2H3/b19-13+. The van der Waals surface area contributed by atoms with Gasteiger partial charge in [-0.2, -0.15) is 0 Å². The smallest absolute Gasteiger partial charge is 0.409 e. The zero-order valence-electron chi connectivity index (χ0n) is 20.4. The van der Waals surface area contributed by atoms with Crippen LogP contribution < -0.4 is 10.5 Å². The van der Waals surface area contributed by atoms with Crippen LogP contribution in [0.15, 0.2) is 50.8 Å². The molecule has 2 saturated heterocycles. The molecule has 0 aliphatic carbocycles. The van der Waals surface area contributed by atoms with Crippen molar-refractivity contribution in [3.05, 3.63) is 68.9 Å². The number of carbonyl (C=O) groups is 2. The maximum atomic E-state index is 13.7. The van der Waals surface area contributed by atoms with Crippen LogP contribution in [0.4, 0.5) is 10.6 Å². The molecular weight excluding hydrogens is 514 g/mol. The van der Waals surface area contributed by atoms with Crippen molar-refractivity contribution in [2.75, 3.05) is 37.7 Å². The average Bonchev–Trinajstić information content (AvgIpc) is 3.50. The first-order chi connectivity index (χ1) is 17.9. The molecule has 3 aromatic heterocycles. The van der Waals surface area contributed by atoms with Gasteiger partial charge in [0, 0.05) is 32.4 Å². The highest BCUT2D eigenvalue weighted by molar-refractivity contribution is 8.26. The minimum atomic E-state index is -0.357. The normalized spacial score (nSPS) is 17.4. The summed E-state index contributed by atoms with van der Waals surface area (Å²) in [6, 6.07) is 7.21. The lowest BCUT2D eigenvalue weighted by Gasteiger charge is -2.35. The monoisotopic (exact) mass is 539 g/mol. The predicted octanol–water partition coefficient (Wildman–Crippen LogP) is 3.28. The number of hydrogen-bond acceptors (Lipinski definition) is 9. The topological polar surface area (TPSA) is 101 Å². The Kier molecular flexibility index (Phi) is 7.02. The number of carbonyl (C=O) groups excluding carboxylic acids is 2. The number of hydrogen-bond donors (Lipinski definition) is 0. The van der Waals surface area contributed by atoms with Gasteiger partial charge in [0.2, 0.25) is 0 Å². The van der Waals surface area contributed by atoms with E-state index in [1.807, 2.05) is 17.9 Å². The summed E-state index contributed by atoms with van der Waals surface area (Å²) in [5.41, 5.74) is 1.42. The zero-order chi connectivity index (χ0) is 26.1. The van der Waals surface area contributed by atoms with Crippen molar-refractivity contribution in [1.29, 1.82) is 0 Å². The van der Waals surface area contributed by atoms with E-state index in [0.717, 1.165) is 17.3 Å². The van der Waals surface area contributed by atoms with Crippen LogP contribution in [0.3, 0.4) is 0 Å². The Hall–Kier alpha value is -3.64. The van der Waals surface area contributed by atoms with Gasteiger partial charge in [0.25, 0.3) is 11.5 Å². The highest BCUT2D eigenvalue weighted by Gasteiger charge is 2.34. The second kappa shape index (κ2) is 10.4. The average molecular weight is 540 g/mol. The van der Waals surface area contributed by atoms with Gasteiger partial charge in [-0.3, -0.25) is 18.9 Å². The van der Waals surface area contributed by atoms with Gasteiger partial charge in [-0.05, 0) is 43.7 Å². The Morgan fingerprint density at radius 2 is 2.00 bits per heavy atom. The van der Waals surface area contributed by atoms with E-state index < -0.39 is 0 Å². The molecule has 0 aromatic carbocycles. The van der Waals surface area contributed by atoms with Gasteiger partial charge in [-0.25, -0.2) is 9.78 Å². The van der Waals surface area contributed by atoms with E-state index in [1.165, 1.54) is 9.30 Å². The molecule has 2 aliphatic heterocycles. The van der Waals surface area contributed by atoms with Crippen LogP contribution in [0.2, 0.25) is 0 Å². The molecule has 0 saturated carbocycles. The van der Waals surface area contributed by atoms with Crippen LogP contribution in [0.1, 0.15) is 23.8 Å². The van der Waals surface area contributed by atoms with Crippen molar-refractivity contribution in [3.63, 3.8) is 0 Å². The number of anilines is 1. The fourth-order valence-electron chi connectivity index (χ4n) is 4.26. The van der Waals surface area contributed by atoms with E-state index >= 15 is 0 Å². The van der Waals surface area contributed by atoms with E-state index in [2.05, 4.69) is 0 Å². The first kappa shape index (κ1) is 25.0. The number of aryl methyl sites for hydroxylation is 1. The Morgan fingerprint density at radius 3 is 2.70 bits per heavy atom. The molecule has 5 heterocycles. The van der Waals surface area contributed by atoms with E-state index in [4.69, 9.17) is 26.4 Å². The lowest BCUT2D eigenvalue weighted by atomic mass is 10.2. The van der Waals surface area contributed by atoms with Crippen LogP contribution in [-0.2, 0) is 16.1 Å². The van der Waals surface area contributed by atoms with Crippen molar-refractivity contribution in [2.24, 2.45) is 0 Å². The summed E-state index contributed by atoms with van der Waals surface area (Å²) < 4.78 is 12.4. The third kappa shape index (κ3) is 4.98. The van der Waals surface area contributed by atoms with Crippen LogP contribution in [0, 0.1) is 6.92 Å². The van der Waals surface area contributed by atoms with Crippen LogP contribution in [0.5, 0.6) is 0 Å². The Bertz CT molecular complexity index is 1460. The number of furan rings is 1. The molecule has 0 bridgehead atoms. The first-order valence-corrected chi connectivity index (χ1v) is 13.1. The Morgan fingerprint density at radius 1 is 1.22 bits per heavy atom. The molecule has 192 valence electrons. The number of thiocarbonyl (C=S) groups is 1. The van der Waals surface area contributed by atoms with Gasteiger partial charge in [-0.15, -0.1) is 0 Å². The molecule has 5 rings (SSSR count). The molecule has 10 nitrogen and oxygen atoms in total. The molecule has 37 heavy (non-hydrogen) atoms. The molecule has 2 aliphatic rings. The molecule has 0 N–H and O–H groups in total. The summed E-state index contributed by atoms with van der Waals surface area (Å²) in [6.45, 7) is 5.98. The van der Waals surface area contributed by atoms with Crippen LogP contribution >= 0.6 is 24.0 Å². The van der Waals surface area contributed by atoms with E-state index in [-0.39, 0.29) is 24.1 Å². The Balaban J connectivity index is 1.52. The number of aromatic nitrogens is 2. The second-order valence-corrected chi connectivity index (χ2v) is 10.3. The fraction of sp³-hybridized carbons (Fsp3) is 0.320. The number of ether oxygens (including phenoxy) is 1. The highest BCUT2D eigenvalue weighted by Crippen LogP contribution is 2.34. The quantitative estimate of drug-likeness (QED) is 0.357. The molecule has 0 atom stereocenters. The van der Waals surface area contributed by atoms with Gasteiger partial charge < -0.3 is 19.0 Å². The van der Waals surface area contributed by atoms with Gasteiger partial charge in [0.05, 0.1) is 29.9 Å². The largest absolute Gasteiger partial charge is 0.467 e. The number of pyridine rings is 1. The number of thioether (sulfide) groups is 1. The van der Waals surface area contributed by atoms with Gasteiger partial charge in [0.15, 0.2) is 0 Å². The van der Waals surface area contributed by atoms with Gasteiger partial charge in [0.1, 0.15) is 21.5 Å². The molecule has 3 aromatic rings. The third-order valence-corrected chi connectivity index (χ3v) is 7.51. The summed E-state index contributed by atoms with van der Waals surface area (Å²) in [5.74, 6) is 0.785. The molecular formula is C25H25N5O5S2. The molecule has 0 unspecified atom stereocenters. The minimum Gasteiger partial charge on any atom is -0.467 e. The number of fused-ring (bicyclic) bond motifs is 1. The van der Waals surface area contributed by atoms with Gasteiger partial charge in [-0.1, -0.05) is 30.0 Å². The molecule has 2 fully saturated rings. The number of piperazine rings is 1. The number of nitrogens with zero attached hydrogens (tertiary/aromatic N) is 5. The lowest BCUT2D eigenvalue weighted by Crippen LogP contribution is -2.49. The maximum Gasteiger partial charge on any atom is 0.409 e. The predicted molar refractivity (Wildman–Crippen MR) is 144 cm³/mol. The zero-order valence-corrected chi connectivity index (χ0v) is 22.0. The van der Waals surface area contributed by atoms with Crippen molar-refractivity contribution in [3.8, 4) is 0 Å². The first-order valence-electron chi connectivity index (χ1n) is 11.8. The third-order valence-electron chi connectivity index (χ3n) is 6.13. The van der Waals surface area contributed by atoms with Crippen molar-refractivity contribution in [1.82, 2.24) is 19.2 Å².